The van der Waals surface area contributed by atoms with Crippen molar-refractivity contribution in [2.45, 2.75) is 20.8 Å². The van der Waals surface area contributed by atoms with E-state index in [9.17, 15) is 0 Å². The highest BCUT2D eigenvalue weighted by molar-refractivity contribution is 6.13. The predicted octanol–water partition coefficient (Wildman–Crippen LogP) is 5.55. The van der Waals surface area contributed by atoms with Gasteiger partial charge in [-0.05, 0) is 53.9 Å². The lowest BCUT2D eigenvalue weighted by Gasteiger charge is -2.10. The molecule has 0 N–H and O–H groups in total. The molecule has 3 heteroatoms. The maximum atomic E-state index is 6.44. The molecule has 0 saturated carbocycles. The molecular formula is C24H21N2O+. The van der Waals surface area contributed by atoms with Crippen LogP contribution in [0.1, 0.15) is 16.8 Å². The van der Waals surface area contributed by atoms with Crippen molar-refractivity contribution < 1.29 is 8.98 Å². The second kappa shape index (κ2) is 5.65. The molecule has 5 rings (SSSR count). The van der Waals surface area contributed by atoms with Crippen LogP contribution in [-0.2, 0) is 7.05 Å². The molecule has 0 atom stereocenters. The van der Waals surface area contributed by atoms with Crippen LogP contribution < -0.4 is 4.57 Å². The molecular weight excluding hydrogens is 332 g/mol. The third kappa shape index (κ3) is 2.35. The minimum atomic E-state index is 0.934. The summed E-state index contributed by atoms with van der Waals surface area (Å²) in [5.74, 6) is 0. The first-order valence-electron chi connectivity index (χ1n) is 9.21. The third-order valence-corrected chi connectivity index (χ3v) is 5.57. The van der Waals surface area contributed by atoms with E-state index >= 15 is 0 Å². The number of furan rings is 1. The Kier molecular flexibility index (Phi) is 3.35. The first-order chi connectivity index (χ1) is 13.0. The zero-order valence-corrected chi connectivity index (χ0v) is 16.0. The van der Waals surface area contributed by atoms with Gasteiger partial charge in [0.05, 0.1) is 12.6 Å². The predicted molar refractivity (Wildman–Crippen MR) is 110 cm³/mol. The first-order valence-corrected chi connectivity index (χ1v) is 9.21. The summed E-state index contributed by atoms with van der Waals surface area (Å²) in [6, 6.07) is 17.2. The van der Waals surface area contributed by atoms with Crippen molar-refractivity contribution in [2.24, 2.45) is 7.05 Å². The van der Waals surface area contributed by atoms with Crippen molar-refractivity contribution in [2.75, 3.05) is 0 Å². The Balaban J connectivity index is 1.96. The van der Waals surface area contributed by atoms with E-state index in [-0.39, 0.29) is 0 Å². The van der Waals surface area contributed by atoms with Crippen LogP contribution in [0.5, 0.6) is 0 Å². The van der Waals surface area contributed by atoms with E-state index in [0.29, 0.717) is 0 Å². The summed E-state index contributed by atoms with van der Waals surface area (Å²) in [7, 11) is 2.03. The average Bonchev–Trinajstić information content (AvgIpc) is 3.00. The summed E-state index contributed by atoms with van der Waals surface area (Å²) in [4.78, 5) is 4.41. The fourth-order valence-corrected chi connectivity index (χ4v) is 3.96. The van der Waals surface area contributed by atoms with Gasteiger partial charge < -0.3 is 4.42 Å². The molecule has 0 saturated heterocycles. The molecule has 3 aromatic carbocycles. The Morgan fingerprint density at radius 3 is 2.41 bits per heavy atom. The molecule has 2 heterocycles. The van der Waals surface area contributed by atoms with Crippen molar-refractivity contribution in [1.82, 2.24) is 4.98 Å². The molecule has 0 spiro atoms. The van der Waals surface area contributed by atoms with Crippen LogP contribution in [0.15, 0.2) is 59.3 Å². The molecule has 27 heavy (non-hydrogen) atoms. The molecule has 0 fully saturated rings. The third-order valence-electron chi connectivity index (χ3n) is 5.57. The van der Waals surface area contributed by atoms with E-state index < -0.39 is 0 Å². The lowest BCUT2D eigenvalue weighted by molar-refractivity contribution is -0.663. The second-order valence-corrected chi connectivity index (χ2v) is 7.39. The van der Waals surface area contributed by atoms with E-state index in [1.54, 1.807) is 0 Å². The number of nitrogens with zero attached hydrogens (tertiary/aromatic N) is 2. The summed E-state index contributed by atoms with van der Waals surface area (Å²) in [6.07, 6.45) is 1.87. The molecule has 0 aliphatic carbocycles. The highest BCUT2D eigenvalue weighted by Gasteiger charge is 2.21. The van der Waals surface area contributed by atoms with E-state index in [1.807, 2.05) is 20.3 Å². The number of benzene rings is 3. The van der Waals surface area contributed by atoms with Crippen molar-refractivity contribution in [3.05, 3.63) is 71.7 Å². The smallest absolute Gasteiger partial charge is 0.286 e. The number of aryl methyl sites for hydroxylation is 3. The quantitative estimate of drug-likeness (QED) is 0.370. The van der Waals surface area contributed by atoms with Crippen LogP contribution in [0.25, 0.3) is 44.0 Å². The topological polar surface area (TPSA) is 29.9 Å². The second-order valence-electron chi connectivity index (χ2n) is 7.39. The highest BCUT2D eigenvalue weighted by Crippen LogP contribution is 2.39. The standard InChI is InChI=1S/C24H21N2O/c1-14-9-20-19-11-17-7-5-6-8-18(17)12-22(19)27-24(20)23(16(14)3)21-10-15(2)25-13-26(21)4/h5-13H,1-4H3/q+1. The molecule has 2 aromatic heterocycles. The summed E-state index contributed by atoms with van der Waals surface area (Å²) in [5.41, 5.74) is 7.66. The largest absolute Gasteiger partial charge is 0.455 e. The fraction of sp³-hybridized carbons (Fsp3) is 0.167. The normalized spacial score (nSPS) is 11.7. The first kappa shape index (κ1) is 16.0. The maximum Gasteiger partial charge on any atom is 0.286 e. The van der Waals surface area contributed by atoms with Gasteiger partial charge in [0.1, 0.15) is 16.9 Å². The highest BCUT2D eigenvalue weighted by atomic mass is 16.3. The minimum Gasteiger partial charge on any atom is -0.455 e. The molecule has 3 nitrogen and oxygen atoms in total. The molecule has 0 amide bonds. The number of hydrogen-bond acceptors (Lipinski definition) is 2. The molecule has 0 aliphatic heterocycles. The van der Waals surface area contributed by atoms with Gasteiger partial charge in [-0.2, -0.15) is 0 Å². The molecule has 0 bridgehead atoms. The van der Waals surface area contributed by atoms with Gasteiger partial charge in [-0.3, -0.25) is 0 Å². The molecule has 0 unspecified atom stereocenters. The van der Waals surface area contributed by atoms with Gasteiger partial charge in [0.15, 0.2) is 5.69 Å². The molecule has 0 aliphatic rings. The summed E-state index contributed by atoms with van der Waals surface area (Å²) >= 11 is 0. The number of hydrogen-bond donors (Lipinski definition) is 0. The van der Waals surface area contributed by atoms with Gasteiger partial charge >= 0.3 is 0 Å². The van der Waals surface area contributed by atoms with Gasteiger partial charge in [0.25, 0.3) is 6.33 Å². The zero-order valence-electron chi connectivity index (χ0n) is 16.0. The van der Waals surface area contributed by atoms with Gasteiger partial charge in [-0.1, -0.05) is 29.2 Å². The van der Waals surface area contributed by atoms with Crippen LogP contribution in [-0.4, -0.2) is 4.98 Å². The Morgan fingerprint density at radius 2 is 1.63 bits per heavy atom. The average molecular weight is 353 g/mol. The van der Waals surface area contributed by atoms with E-state index in [1.165, 1.54) is 32.7 Å². The Morgan fingerprint density at radius 1 is 0.889 bits per heavy atom. The van der Waals surface area contributed by atoms with E-state index in [4.69, 9.17) is 4.42 Å². The monoisotopic (exact) mass is 353 g/mol. The Bertz CT molecular complexity index is 1360. The van der Waals surface area contributed by atoms with Crippen LogP contribution in [0, 0.1) is 20.8 Å². The maximum absolute atomic E-state index is 6.44. The van der Waals surface area contributed by atoms with E-state index in [0.717, 1.165) is 28.1 Å². The van der Waals surface area contributed by atoms with Crippen LogP contribution in [0.4, 0.5) is 0 Å². The molecule has 132 valence electrons. The number of aromatic nitrogens is 2. The van der Waals surface area contributed by atoms with Gasteiger partial charge in [-0.25, -0.2) is 4.57 Å². The summed E-state index contributed by atoms with van der Waals surface area (Å²) in [5, 5.41) is 4.77. The summed E-state index contributed by atoms with van der Waals surface area (Å²) < 4.78 is 8.51. The van der Waals surface area contributed by atoms with Crippen LogP contribution in [0.3, 0.4) is 0 Å². The summed E-state index contributed by atoms with van der Waals surface area (Å²) in [6.45, 7) is 6.37. The van der Waals surface area contributed by atoms with Crippen molar-refractivity contribution in [3.8, 4) is 11.3 Å². The van der Waals surface area contributed by atoms with Gasteiger partial charge in [0.2, 0.25) is 0 Å². The number of fused-ring (bicyclic) bond motifs is 4. The fourth-order valence-electron chi connectivity index (χ4n) is 3.96. The zero-order chi connectivity index (χ0) is 18.7. The van der Waals surface area contributed by atoms with E-state index in [2.05, 4.69) is 71.9 Å². The SMILES string of the molecule is Cc1cc(-c2c(C)c(C)cc3c2oc2cc4ccccc4cc23)[n+](C)cn1. The number of rotatable bonds is 1. The van der Waals surface area contributed by atoms with Gasteiger partial charge in [0, 0.05) is 23.8 Å². The van der Waals surface area contributed by atoms with Gasteiger partial charge in [-0.15, -0.1) is 0 Å². The van der Waals surface area contributed by atoms with Crippen molar-refractivity contribution >= 4 is 32.7 Å². The Labute approximate surface area is 157 Å². The molecule has 5 aromatic rings. The van der Waals surface area contributed by atoms with Crippen LogP contribution >= 0.6 is 0 Å². The lowest BCUT2D eigenvalue weighted by atomic mass is 9.96. The van der Waals surface area contributed by atoms with Crippen molar-refractivity contribution in [1.29, 1.82) is 0 Å². The van der Waals surface area contributed by atoms with Crippen molar-refractivity contribution in [3.63, 3.8) is 0 Å². The van der Waals surface area contributed by atoms with Crippen LogP contribution in [0.2, 0.25) is 0 Å². The Hall–Kier alpha value is -3.20. The lowest BCUT2D eigenvalue weighted by Crippen LogP contribution is -2.31. The minimum absolute atomic E-state index is 0.934. The molecule has 0 radical (unpaired) electrons.